The molecule has 26 nitrogen and oxygen atoms in total. The fraction of sp³-hybridized carbons (Fsp3) is 0.567. The van der Waals surface area contributed by atoms with Crippen molar-refractivity contribution in [2.24, 2.45) is 40.3 Å². The number of unbranched alkanes of at least 4 members (excludes halogenated alkanes) is 3. The molecule has 634 valence electrons. The Balaban J connectivity index is 0.000000244. The van der Waals surface area contributed by atoms with E-state index >= 15 is 0 Å². The maximum atomic E-state index is 14.2. The fourth-order valence-electron chi connectivity index (χ4n) is 16.6. The number of carbonyl (C=O) groups is 11. The van der Waals surface area contributed by atoms with Gasteiger partial charge in [-0.25, -0.2) is 0 Å². The second-order valence-electron chi connectivity index (χ2n) is 32.5. The molecule has 11 amide bonds. The van der Waals surface area contributed by atoms with E-state index in [1.165, 1.54) is 92.7 Å². The number of amides is 11. The van der Waals surface area contributed by atoms with E-state index in [0.29, 0.717) is 81.0 Å². The highest BCUT2D eigenvalue weighted by molar-refractivity contribution is 6.03. The molecule has 0 aliphatic heterocycles. The van der Waals surface area contributed by atoms with Gasteiger partial charge < -0.3 is 78.9 Å². The first kappa shape index (κ1) is 93.5. The molecule has 0 radical (unpaired) electrons. The van der Waals surface area contributed by atoms with Gasteiger partial charge in [-0.3, -0.25) is 52.7 Å². The van der Waals surface area contributed by atoms with E-state index in [1.54, 1.807) is 6.08 Å². The van der Waals surface area contributed by atoms with Crippen molar-refractivity contribution in [1.82, 2.24) is 29.8 Å². The molecule has 0 spiro atoms. The van der Waals surface area contributed by atoms with E-state index in [1.807, 2.05) is 85.5 Å². The quantitative estimate of drug-likeness (QED) is 0.0167. The molecule has 3 atom stereocenters. The molecule has 4 aromatic rings. The maximum Gasteiger partial charge on any atom is 0.247 e. The summed E-state index contributed by atoms with van der Waals surface area (Å²) in [6.07, 6.45) is 27.4. The molecular weight excluding hydrogens is 1470 g/mol. The third-order valence-corrected chi connectivity index (χ3v) is 23.4. The first-order valence-electron chi connectivity index (χ1n) is 42.2. The number of hydrogen-bond donors (Lipinski definition) is 7. The lowest BCUT2D eigenvalue weighted by molar-refractivity contribution is -0.143. The van der Waals surface area contributed by atoms with Gasteiger partial charge in [0, 0.05) is 62.6 Å². The van der Waals surface area contributed by atoms with Crippen LogP contribution in [0.3, 0.4) is 0 Å². The molecule has 0 aromatic heterocycles. The summed E-state index contributed by atoms with van der Waals surface area (Å²) in [6, 6.07) is 24.6. The van der Waals surface area contributed by atoms with Crippen LogP contribution in [0.5, 0.6) is 0 Å². The van der Waals surface area contributed by atoms with Gasteiger partial charge in [0.25, 0.3) is 0 Å². The summed E-state index contributed by atoms with van der Waals surface area (Å²) >= 11 is 0. The predicted molar refractivity (Wildman–Crippen MR) is 458 cm³/mol. The number of hydrogen-bond acceptors (Lipinski definition) is 15. The van der Waals surface area contributed by atoms with Crippen LogP contribution in [0.2, 0.25) is 0 Å². The molecule has 116 heavy (non-hydrogen) atoms. The Kier molecular flexibility index (Phi) is 37.4. The number of fused-ring (bicyclic) bond motifs is 6. The number of nitrogens with two attached hydrogens (primary N) is 6. The van der Waals surface area contributed by atoms with Gasteiger partial charge in [-0.2, -0.15) is 0 Å². The Labute approximate surface area is 688 Å². The minimum absolute atomic E-state index is 0.0320. The third kappa shape index (κ3) is 27.2. The highest BCUT2D eigenvalue weighted by Gasteiger charge is 2.51. The predicted octanol–water partition coefficient (Wildman–Crippen LogP) is 7.49. The van der Waals surface area contributed by atoms with Crippen molar-refractivity contribution in [3.63, 3.8) is 0 Å². The highest BCUT2D eigenvalue weighted by Crippen LogP contribution is 2.54. The Morgan fingerprint density at radius 3 is 1.32 bits per heavy atom. The molecule has 13 N–H and O–H groups in total. The van der Waals surface area contributed by atoms with Crippen molar-refractivity contribution in [1.29, 1.82) is 0 Å². The first-order chi connectivity index (χ1) is 55.5. The summed E-state index contributed by atoms with van der Waals surface area (Å²) < 4.78 is 0. The van der Waals surface area contributed by atoms with Gasteiger partial charge in [0.05, 0.1) is 19.6 Å². The number of benzene rings is 4. The minimum atomic E-state index is -0.634. The number of carbonyl (C=O) groups excluding carboxylic acids is 11. The van der Waals surface area contributed by atoms with Gasteiger partial charge in [0.2, 0.25) is 65.0 Å². The summed E-state index contributed by atoms with van der Waals surface area (Å²) in [7, 11) is 0. The summed E-state index contributed by atoms with van der Waals surface area (Å²) in [5.74, 6) is -3.22. The zero-order valence-corrected chi connectivity index (χ0v) is 70.5. The maximum absolute atomic E-state index is 14.2. The Morgan fingerprint density at radius 2 is 0.871 bits per heavy atom. The summed E-state index contributed by atoms with van der Waals surface area (Å²) in [5.41, 5.74) is 46.3. The lowest BCUT2D eigenvalue weighted by atomic mass is 9.54. The van der Waals surface area contributed by atoms with Gasteiger partial charge in [0.15, 0.2) is 0 Å². The van der Waals surface area contributed by atoms with Crippen LogP contribution >= 0.6 is 0 Å². The van der Waals surface area contributed by atoms with Gasteiger partial charge in [-0.05, 0) is 278 Å². The van der Waals surface area contributed by atoms with Crippen LogP contribution in [-0.4, -0.2) is 206 Å². The zero-order valence-electron chi connectivity index (χ0n) is 70.5. The molecule has 1 saturated carbocycles. The number of primary amides is 3. The number of rotatable bonds is 41. The number of allylic oxidation sites excluding steroid dienone is 2. The highest BCUT2D eigenvalue weighted by atomic mass is 16.2. The fourth-order valence-corrected chi connectivity index (χ4v) is 16.6. The van der Waals surface area contributed by atoms with Crippen molar-refractivity contribution in [2.45, 2.75) is 214 Å². The number of anilines is 3. The van der Waals surface area contributed by atoms with Crippen LogP contribution in [-0.2, 0) is 103 Å². The van der Waals surface area contributed by atoms with E-state index in [2.05, 4.69) is 57.3 Å². The van der Waals surface area contributed by atoms with Crippen LogP contribution < -0.4 is 54.4 Å². The topological polar surface area (TPSA) is 382 Å². The summed E-state index contributed by atoms with van der Waals surface area (Å²) in [4.78, 5) is 153. The van der Waals surface area contributed by atoms with Crippen molar-refractivity contribution < 1.29 is 52.7 Å². The van der Waals surface area contributed by atoms with E-state index in [9.17, 15) is 52.7 Å². The Bertz CT molecular complexity index is 4100. The molecule has 3 unspecified atom stereocenters. The van der Waals surface area contributed by atoms with Crippen LogP contribution in [0.15, 0.2) is 97.1 Å². The molecule has 0 bridgehead atoms. The molecule has 0 saturated heterocycles. The lowest BCUT2D eigenvalue weighted by Gasteiger charge is -2.55. The van der Waals surface area contributed by atoms with E-state index in [-0.39, 0.29) is 113 Å². The second kappa shape index (κ2) is 46.3. The molecule has 5 aliphatic carbocycles. The van der Waals surface area contributed by atoms with Crippen molar-refractivity contribution in [3.05, 3.63) is 147 Å². The van der Waals surface area contributed by atoms with Gasteiger partial charge >= 0.3 is 0 Å². The summed E-state index contributed by atoms with van der Waals surface area (Å²) in [6.45, 7) is 18.1. The molecule has 0 heterocycles. The largest absolute Gasteiger partial charge is 0.368 e. The summed E-state index contributed by atoms with van der Waals surface area (Å²) in [5, 5.41) is 3.30. The first-order valence-corrected chi connectivity index (χ1v) is 42.2. The molecule has 4 aromatic carbocycles. The lowest BCUT2D eigenvalue weighted by Crippen LogP contribution is -2.60. The van der Waals surface area contributed by atoms with Crippen molar-refractivity contribution in [2.75, 3.05) is 126 Å². The molecule has 5 aliphatic rings. The monoisotopic (exact) mass is 1600 g/mol. The smallest absolute Gasteiger partial charge is 0.247 e. The standard InChI is InChI=1S/C38H55N5O3.2C26H39N5O4/c1-26(2)28-12-15-33-30(20-28)10-13-31-22-37(3,16-17-38(31,33)4)43(35(45)23-41-19-6-5-18-39)25-36(46)42(24-34(40)44)32-14-11-27-8-7-9-29(27)21-32;1-3-4-6-15-30(17-24(28)33)25(34)19-31(23-12-11-21-9-8-10-22(21)16-23)26(35)18-29(20(2)32)14-7-5-13-27;1-3-4-6-15-30(25(34)18-29(20(2)32)14-7-5-13-27)19-26(35)31(17-24(28)33)23-12-11-21-9-8-10-22(21)16-23/h11-12,14-15,20-21,26,31,41H,5-10,13,16-19,22-25,39H2,1-4H3,(H2,40,44);2*4,6,11-12,16H,3,5,7-10,13-15,17-19,27H2,1-2H3,(H2,28,33)/b;2*6-4+. The molecule has 9 rings (SSSR count). The minimum Gasteiger partial charge on any atom is -0.368 e. The van der Waals surface area contributed by atoms with Gasteiger partial charge in [-0.15, -0.1) is 0 Å². The molecule has 26 heteroatoms. The average Bonchev–Trinajstić information content (AvgIpc) is 0.878. The van der Waals surface area contributed by atoms with E-state index in [4.69, 9.17) is 34.4 Å². The average molecular weight is 1600 g/mol. The van der Waals surface area contributed by atoms with E-state index < -0.39 is 35.1 Å². The van der Waals surface area contributed by atoms with Gasteiger partial charge in [0.1, 0.15) is 39.3 Å². The number of nitrogens with zero attached hydrogens (tertiary/aromatic N) is 8. The van der Waals surface area contributed by atoms with Crippen LogP contribution in [0.4, 0.5) is 17.1 Å². The normalized spacial score (nSPS) is 16.8. The third-order valence-electron chi connectivity index (χ3n) is 23.4. The number of aryl methyl sites for hydroxylation is 7. The van der Waals surface area contributed by atoms with Gasteiger partial charge in [-0.1, -0.05) is 95.3 Å². The van der Waals surface area contributed by atoms with Crippen LogP contribution in [0, 0.1) is 5.92 Å². The molecular formula is C90H133N15O11. The SMILES string of the molecule is CC(C)c1ccc2c(c1)CCC1CC(C)(N(CC(=O)N(CC(N)=O)c3ccc4c(c3)CCC4)C(=O)CNCCCCN)CCC21C.CC/C=C/CN(CC(=O)N(CC(N)=O)c1ccc2c(c1)CCC2)C(=O)CN(CCCCN)C(C)=O.CC/C=C/CN(CC(N)=O)C(=O)CN(C(=O)CN(CCCCN)C(C)=O)c1ccc2c(c1)CCC2. The second-order valence-corrected chi connectivity index (χ2v) is 32.5. The van der Waals surface area contributed by atoms with Crippen molar-refractivity contribution in [3.8, 4) is 0 Å². The van der Waals surface area contributed by atoms with E-state index in [0.717, 1.165) is 134 Å². The molecule has 1 fully saturated rings. The zero-order chi connectivity index (χ0) is 84.7. The Hall–Kier alpha value is -9.63. The number of nitrogens with one attached hydrogen (secondary N) is 1. The Morgan fingerprint density at radius 1 is 0.448 bits per heavy atom. The van der Waals surface area contributed by atoms with Crippen LogP contribution in [0.1, 0.15) is 208 Å². The van der Waals surface area contributed by atoms with Crippen LogP contribution in [0.25, 0.3) is 0 Å². The van der Waals surface area contributed by atoms with Crippen molar-refractivity contribution >= 4 is 82.0 Å².